The predicted molar refractivity (Wildman–Crippen MR) is 103 cm³/mol. The first-order chi connectivity index (χ1) is 12.5. The van der Waals surface area contributed by atoms with E-state index in [2.05, 4.69) is 10.4 Å². The topological polar surface area (TPSA) is 64.0 Å². The molecule has 0 radical (unpaired) electrons. The Hall–Kier alpha value is -2.73. The molecule has 26 heavy (non-hydrogen) atoms. The van der Waals surface area contributed by atoms with E-state index < -0.39 is 0 Å². The molecular formula is C20H21N3O2S. The number of nitrogens with zero attached hydrogens (tertiary/aromatic N) is 2. The van der Waals surface area contributed by atoms with Crippen molar-refractivity contribution >= 4 is 23.0 Å². The van der Waals surface area contributed by atoms with Gasteiger partial charge in [-0.1, -0.05) is 12.1 Å². The molecule has 0 aliphatic rings. The van der Waals surface area contributed by atoms with Crippen LogP contribution in [0.4, 0.5) is 0 Å². The Kier molecular flexibility index (Phi) is 5.63. The molecule has 3 rings (SSSR count). The van der Waals surface area contributed by atoms with Crippen LogP contribution in [-0.4, -0.2) is 21.5 Å². The second kappa shape index (κ2) is 8.10. The van der Waals surface area contributed by atoms with E-state index in [0.717, 1.165) is 26.6 Å². The van der Waals surface area contributed by atoms with Crippen molar-refractivity contribution < 1.29 is 9.59 Å². The van der Waals surface area contributed by atoms with Gasteiger partial charge in [0.05, 0.1) is 5.69 Å². The van der Waals surface area contributed by atoms with Crippen molar-refractivity contribution in [1.29, 1.82) is 0 Å². The zero-order valence-corrected chi connectivity index (χ0v) is 15.7. The van der Waals surface area contributed by atoms with Crippen LogP contribution in [0.15, 0.2) is 48.8 Å². The third kappa shape index (κ3) is 4.46. The number of benzene rings is 1. The first-order valence-electron chi connectivity index (χ1n) is 8.49. The van der Waals surface area contributed by atoms with Gasteiger partial charge in [0.2, 0.25) is 5.91 Å². The van der Waals surface area contributed by atoms with Gasteiger partial charge in [0.1, 0.15) is 0 Å². The van der Waals surface area contributed by atoms with Gasteiger partial charge >= 0.3 is 0 Å². The number of amides is 1. The second-order valence-corrected chi connectivity index (χ2v) is 7.60. The lowest BCUT2D eigenvalue weighted by Crippen LogP contribution is -2.23. The third-order valence-corrected chi connectivity index (χ3v) is 5.08. The van der Waals surface area contributed by atoms with Crippen molar-refractivity contribution in [2.24, 2.45) is 0 Å². The van der Waals surface area contributed by atoms with Gasteiger partial charge in [-0.15, -0.1) is 11.3 Å². The van der Waals surface area contributed by atoms with E-state index in [0.29, 0.717) is 6.54 Å². The van der Waals surface area contributed by atoms with Crippen LogP contribution in [-0.2, 0) is 11.3 Å². The second-order valence-electron chi connectivity index (χ2n) is 6.14. The average Bonchev–Trinajstić information content (AvgIpc) is 3.28. The minimum atomic E-state index is -0.112. The molecule has 0 saturated heterocycles. The molecule has 1 amide bonds. The Labute approximate surface area is 156 Å². The Morgan fingerprint density at radius 1 is 1.15 bits per heavy atom. The fourth-order valence-electron chi connectivity index (χ4n) is 2.75. The number of hydrogen-bond acceptors (Lipinski definition) is 4. The average molecular weight is 367 g/mol. The van der Waals surface area contributed by atoms with Gasteiger partial charge in [-0.2, -0.15) is 5.10 Å². The fourth-order valence-corrected chi connectivity index (χ4v) is 3.69. The van der Waals surface area contributed by atoms with Crippen LogP contribution in [0.2, 0.25) is 0 Å². The van der Waals surface area contributed by atoms with Crippen LogP contribution in [0.3, 0.4) is 0 Å². The summed E-state index contributed by atoms with van der Waals surface area (Å²) in [7, 11) is 0. The molecule has 6 heteroatoms. The maximum atomic E-state index is 12.2. The number of thiophene rings is 1. The van der Waals surface area contributed by atoms with Crippen LogP contribution in [0.5, 0.6) is 0 Å². The van der Waals surface area contributed by atoms with Gasteiger partial charge in [-0.3, -0.25) is 9.59 Å². The Balaban J connectivity index is 1.46. The number of rotatable bonds is 7. The maximum absolute atomic E-state index is 12.2. The van der Waals surface area contributed by atoms with E-state index in [1.54, 1.807) is 22.2 Å². The van der Waals surface area contributed by atoms with Gasteiger partial charge < -0.3 is 5.32 Å². The highest BCUT2D eigenvalue weighted by molar-refractivity contribution is 7.12. The first-order valence-corrected chi connectivity index (χ1v) is 9.30. The van der Waals surface area contributed by atoms with E-state index in [1.807, 2.05) is 56.4 Å². The van der Waals surface area contributed by atoms with Crippen LogP contribution in [0.25, 0.3) is 5.69 Å². The van der Waals surface area contributed by atoms with Crippen molar-refractivity contribution in [3.8, 4) is 5.69 Å². The predicted octanol–water partition coefficient (Wildman–Crippen LogP) is 3.83. The van der Waals surface area contributed by atoms with Gasteiger partial charge in [0, 0.05) is 47.1 Å². The summed E-state index contributed by atoms with van der Waals surface area (Å²) in [6, 6.07) is 11.6. The van der Waals surface area contributed by atoms with E-state index in [9.17, 15) is 9.59 Å². The number of aromatic nitrogens is 2. The summed E-state index contributed by atoms with van der Waals surface area (Å²) in [5.41, 5.74) is 2.72. The zero-order valence-electron chi connectivity index (χ0n) is 14.9. The van der Waals surface area contributed by atoms with E-state index in [-0.39, 0.29) is 24.5 Å². The molecule has 134 valence electrons. The highest BCUT2D eigenvalue weighted by Crippen LogP contribution is 2.22. The summed E-state index contributed by atoms with van der Waals surface area (Å²) in [5.74, 6) is -0.0790. The van der Waals surface area contributed by atoms with Crippen molar-refractivity contribution in [1.82, 2.24) is 15.1 Å². The molecule has 0 aliphatic heterocycles. The number of hydrogen-bond donors (Lipinski definition) is 1. The molecule has 1 N–H and O–H groups in total. The first kappa shape index (κ1) is 18.1. The molecule has 2 heterocycles. The monoisotopic (exact) mass is 367 g/mol. The molecule has 1 aromatic carbocycles. The summed E-state index contributed by atoms with van der Waals surface area (Å²) in [6.45, 7) is 4.37. The SMILES string of the molecule is Cc1cc(C(=O)CCC(=O)NCc2ccc(-n3cccn3)cc2)c(C)s1. The van der Waals surface area contributed by atoms with Crippen molar-refractivity contribution in [3.63, 3.8) is 0 Å². The minimum absolute atomic E-state index is 0.0329. The number of nitrogens with one attached hydrogen (secondary N) is 1. The van der Waals surface area contributed by atoms with Gasteiger partial charge in [-0.25, -0.2) is 4.68 Å². The molecule has 0 saturated carbocycles. The molecule has 0 bridgehead atoms. The summed E-state index contributed by atoms with van der Waals surface area (Å²) in [4.78, 5) is 26.4. The number of Topliss-reactive ketones (excluding diaryl/α,β-unsaturated/α-hetero) is 1. The van der Waals surface area contributed by atoms with E-state index in [1.165, 1.54) is 0 Å². The minimum Gasteiger partial charge on any atom is -0.352 e. The van der Waals surface area contributed by atoms with E-state index >= 15 is 0 Å². The number of aryl methyl sites for hydroxylation is 2. The van der Waals surface area contributed by atoms with Crippen LogP contribution >= 0.6 is 11.3 Å². The summed E-state index contributed by atoms with van der Waals surface area (Å²) >= 11 is 1.61. The van der Waals surface area contributed by atoms with Crippen molar-refractivity contribution in [2.75, 3.05) is 0 Å². The van der Waals surface area contributed by atoms with Crippen LogP contribution < -0.4 is 5.32 Å². The zero-order chi connectivity index (χ0) is 18.5. The molecule has 0 aliphatic carbocycles. The van der Waals surface area contributed by atoms with Crippen molar-refractivity contribution in [3.05, 3.63) is 69.7 Å². The van der Waals surface area contributed by atoms with Gasteiger partial charge in [0.25, 0.3) is 0 Å². The van der Waals surface area contributed by atoms with Gasteiger partial charge in [-0.05, 0) is 43.7 Å². The number of carbonyl (C=O) groups is 2. The number of ketones is 1. The Morgan fingerprint density at radius 3 is 2.54 bits per heavy atom. The Bertz CT molecular complexity index is 896. The quantitative estimate of drug-likeness (QED) is 0.646. The summed E-state index contributed by atoms with van der Waals surface area (Å²) in [5, 5.41) is 7.05. The molecule has 0 fully saturated rings. The third-order valence-electron chi connectivity index (χ3n) is 4.12. The van der Waals surface area contributed by atoms with Crippen molar-refractivity contribution in [2.45, 2.75) is 33.2 Å². The molecule has 0 unspecified atom stereocenters. The molecule has 2 aromatic heterocycles. The highest BCUT2D eigenvalue weighted by atomic mass is 32.1. The Morgan fingerprint density at radius 2 is 1.92 bits per heavy atom. The summed E-state index contributed by atoms with van der Waals surface area (Å²) in [6.07, 6.45) is 4.05. The number of carbonyl (C=O) groups excluding carboxylic acids is 2. The lowest BCUT2D eigenvalue weighted by molar-refractivity contribution is -0.121. The molecule has 0 spiro atoms. The van der Waals surface area contributed by atoms with Gasteiger partial charge in [0.15, 0.2) is 5.78 Å². The standard InChI is InChI=1S/C20H21N3O2S/c1-14-12-18(15(2)26-14)19(24)8-9-20(25)21-13-16-4-6-17(7-5-16)23-11-3-10-22-23/h3-7,10-12H,8-9,13H2,1-2H3,(H,21,25). The lowest BCUT2D eigenvalue weighted by Gasteiger charge is -2.07. The lowest BCUT2D eigenvalue weighted by atomic mass is 10.1. The highest BCUT2D eigenvalue weighted by Gasteiger charge is 2.13. The fraction of sp³-hybridized carbons (Fsp3) is 0.250. The van der Waals surface area contributed by atoms with Crippen LogP contribution in [0.1, 0.15) is 38.5 Å². The van der Waals surface area contributed by atoms with E-state index in [4.69, 9.17) is 0 Å². The molecule has 3 aromatic rings. The molecule has 0 atom stereocenters. The largest absolute Gasteiger partial charge is 0.352 e. The summed E-state index contributed by atoms with van der Waals surface area (Å²) < 4.78 is 1.78. The maximum Gasteiger partial charge on any atom is 0.220 e. The molecular weight excluding hydrogens is 346 g/mol. The normalized spacial score (nSPS) is 10.7. The molecule has 5 nitrogen and oxygen atoms in total. The van der Waals surface area contributed by atoms with Crippen LogP contribution in [0, 0.1) is 13.8 Å². The smallest absolute Gasteiger partial charge is 0.220 e.